The predicted octanol–water partition coefficient (Wildman–Crippen LogP) is 2.68. The van der Waals surface area contributed by atoms with Crippen molar-refractivity contribution in [1.82, 2.24) is 0 Å². The van der Waals surface area contributed by atoms with Crippen LogP contribution in [0, 0.1) is 6.92 Å². The number of rotatable bonds is 5. The Labute approximate surface area is 118 Å². The molecule has 0 fully saturated rings. The number of hydrogen-bond acceptors (Lipinski definition) is 3. The minimum absolute atomic E-state index is 0.345. The first-order valence-electron chi connectivity index (χ1n) is 6.26. The van der Waals surface area contributed by atoms with Gasteiger partial charge in [0, 0.05) is 6.07 Å². The fourth-order valence-electron chi connectivity index (χ4n) is 1.80. The van der Waals surface area contributed by atoms with Crippen molar-refractivity contribution in [2.45, 2.75) is 13.5 Å². The Morgan fingerprint density at radius 3 is 2.45 bits per heavy atom. The van der Waals surface area contributed by atoms with Gasteiger partial charge in [-0.3, -0.25) is 4.79 Å². The molecule has 2 aromatic rings. The highest BCUT2D eigenvalue weighted by atomic mass is 16.5. The molecule has 0 aromatic heterocycles. The number of carbonyl (C=O) groups excluding carboxylic acids is 1. The molecule has 0 radical (unpaired) electrons. The van der Waals surface area contributed by atoms with Gasteiger partial charge in [-0.1, -0.05) is 29.8 Å². The van der Waals surface area contributed by atoms with E-state index in [4.69, 9.17) is 15.2 Å². The third-order valence-electron chi connectivity index (χ3n) is 2.97. The summed E-state index contributed by atoms with van der Waals surface area (Å²) >= 11 is 0. The zero-order chi connectivity index (χ0) is 14.5. The normalized spacial score (nSPS) is 10.1. The van der Waals surface area contributed by atoms with Gasteiger partial charge in [-0.15, -0.1) is 0 Å². The summed E-state index contributed by atoms with van der Waals surface area (Å²) in [5, 5.41) is 0. The van der Waals surface area contributed by atoms with Gasteiger partial charge in [0.2, 0.25) is 0 Å². The third kappa shape index (κ3) is 3.29. The Bertz CT molecular complexity index is 606. The highest BCUT2D eigenvalue weighted by Gasteiger charge is 2.11. The molecule has 0 atom stereocenters. The topological polar surface area (TPSA) is 61.5 Å². The minimum atomic E-state index is -0.522. The monoisotopic (exact) mass is 271 g/mol. The molecule has 0 heterocycles. The summed E-state index contributed by atoms with van der Waals surface area (Å²) in [5.74, 6) is 0.526. The predicted molar refractivity (Wildman–Crippen MR) is 77.0 cm³/mol. The van der Waals surface area contributed by atoms with E-state index in [0.29, 0.717) is 23.7 Å². The van der Waals surface area contributed by atoms with E-state index in [2.05, 4.69) is 0 Å². The molecule has 2 rings (SSSR count). The Kier molecular flexibility index (Phi) is 4.25. The summed E-state index contributed by atoms with van der Waals surface area (Å²) in [7, 11) is 1.56. The molecule has 4 heteroatoms. The lowest BCUT2D eigenvalue weighted by atomic mass is 10.1. The van der Waals surface area contributed by atoms with Gasteiger partial charge >= 0.3 is 0 Å². The molecule has 0 bridgehead atoms. The molecule has 2 N–H and O–H groups in total. The van der Waals surface area contributed by atoms with Crippen molar-refractivity contribution in [3.05, 3.63) is 59.2 Å². The highest BCUT2D eigenvalue weighted by molar-refractivity contribution is 5.95. The first-order chi connectivity index (χ1) is 9.60. The summed E-state index contributed by atoms with van der Waals surface area (Å²) < 4.78 is 10.8. The molecule has 2 aromatic carbocycles. The average Bonchev–Trinajstić information content (AvgIpc) is 2.46. The van der Waals surface area contributed by atoms with Crippen molar-refractivity contribution in [2.75, 3.05) is 7.11 Å². The maximum Gasteiger partial charge on any atom is 0.252 e. The Balaban J connectivity index is 2.18. The number of aryl methyl sites for hydroxylation is 1. The second-order valence-corrected chi connectivity index (χ2v) is 4.50. The van der Waals surface area contributed by atoms with E-state index in [1.807, 2.05) is 31.2 Å². The number of methoxy groups -OCH3 is 1. The summed E-state index contributed by atoms with van der Waals surface area (Å²) in [6.45, 7) is 2.39. The van der Waals surface area contributed by atoms with Crippen molar-refractivity contribution < 1.29 is 14.3 Å². The summed E-state index contributed by atoms with van der Waals surface area (Å²) in [6, 6.07) is 12.9. The van der Waals surface area contributed by atoms with E-state index >= 15 is 0 Å². The van der Waals surface area contributed by atoms with Gasteiger partial charge in [0.15, 0.2) is 0 Å². The maximum atomic E-state index is 11.4. The van der Waals surface area contributed by atoms with Crippen LogP contribution in [0.5, 0.6) is 11.5 Å². The van der Waals surface area contributed by atoms with Crippen molar-refractivity contribution >= 4 is 5.91 Å². The van der Waals surface area contributed by atoms with Gasteiger partial charge in [-0.25, -0.2) is 0 Å². The van der Waals surface area contributed by atoms with Crippen LogP contribution in [0.2, 0.25) is 0 Å². The summed E-state index contributed by atoms with van der Waals surface area (Å²) in [4.78, 5) is 11.4. The van der Waals surface area contributed by atoms with Crippen molar-refractivity contribution in [2.24, 2.45) is 5.73 Å². The van der Waals surface area contributed by atoms with Gasteiger partial charge in [-0.05, 0) is 24.6 Å². The molecule has 1 amide bonds. The number of hydrogen-bond donors (Lipinski definition) is 1. The SMILES string of the molecule is COc1ccc(C(N)=O)c(OCc2ccc(C)cc2)c1. The Hall–Kier alpha value is -2.49. The lowest BCUT2D eigenvalue weighted by Crippen LogP contribution is -2.13. The zero-order valence-electron chi connectivity index (χ0n) is 11.6. The highest BCUT2D eigenvalue weighted by Crippen LogP contribution is 2.25. The molecule has 104 valence electrons. The van der Waals surface area contributed by atoms with Crippen LogP contribution in [0.4, 0.5) is 0 Å². The molecule has 0 spiro atoms. The van der Waals surface area contributed by atoms with Crippen molar-refractivity contribution in [3.8, 4) is 11.5 Å². The number of ether oxygens (including phenoxy) is 2. The molecule has 0 aliphatic heterocycles. The number of nitrogens with two attached hydrogens (primary N) is 1. The molecular formula is C16H17NO3. The van der Waals surface area contributed by atoms with Crippen LogP contribution < -0.4 is 15.2 Å². The van der Waals surface area contributed by atoms with Gasteiger partial charge in [0.05, 0.1) is 12.7 Å². The lowest BCUT2D eigenvalue weighted by Gasteiger charge is -2.11. The number of primary amides is 1. The van der Waals surface area contributed by atoms with Crippen molar-refractivity contribution in [3.63, 3.8) is 0 Å². The number of amides is 1. The molecule has 4 nitrogen and oxygen atoms in total. The summed E-state index contributed by atoms with van der Waals surface area (Å²) in [5.41, 5.74) is 7.89. The smallest absolute Gasteiger partial charge is 0.252 e. The molecule has 0 saturated carbocycles. The van der Waals surface area contributed by atoms with E-state index in [-0.39, 0.29) is 0 Å². The van der Waals surface area contributed by atoms with Gasteiger partial charge in [0.1, 0.15) is 18.1 Å². The fraction of sp³-hybridized carbons (Fsp3) is 0.188. The standard InChI is InChI=1S/C16H17NO3/c1-11-3-5-12(6-4-11)10-20-15-9-13(19-2)7-8-14(15)16(17)18/h3-9H,10H2,1-2H3,(H2,17,18). The number of benzene rings is 2. The molecule has 0 unspecified atom stereocenters. The quantitative estimate of drug-likeness (QED) is 0.909. The van der Waals surface area contributed by atoms with Crippen LogP contribution in [-0.4, -0.2) is 13.0 Å². The lowest BCUT2D eigenvalue weighted by molar-refractivity contribution is 0.0996. The first kappa shape index (κ1) is 13.9. The molecular weight excluding hydrogens is 254 g/mol. The van der Waals surface area contributed by atoms with Gasteiger partial charge < -0.3 is 15.2 Å². The van der Waals surface area contributed by atoms with Gasteiger partial charge in [0.25, 0.3) is 5.91 Å². The van der Waals surface area contributed by atoms with E-state index in [0.717, 1.165) is 5.56 Å². The maximum absolute atomic E-state index is 11.4. The van der Waals surface area contributed by atoms with Crippen LogP contribution in [0.3, 0.4) is 0 Å². The van der Waals surface area contributed by atoms with Crippen molar-refractivity contribution in [1.29, 1.82) is 0 Å². The van der Waals surface area contributed by atoms with Crippen LogP contribution in [0.1, 0.15) is 21.5 Å². The first-order valence-corrected chi connectivity index (χ1v) is 6.26. The Morgan fingerprint density at radius 1 is 1.15 bits per heavy atom. The van der Waals surface area contributed by atoms with E-state index < -0.39 is 5.91 Å². The minimum Gasteiger partial charge on any atom is -0.497 e. The molecule has 0 aliphatic carbocycles. The van der Waals surface area contributed by atoms with Gasteiger partial charge in [-0.2, -0.15) is 0 Å². The molecule has 20 heavy (non-hydrogen) atoms. The summed E-state index contributed by atoms with van der Waals surface area (Å²) in [6.07, 6.45) is 0. The van der Waals surface area contributed by atoms with Crippen LogP contribution in [0.25, 0.3) is 0 Å². The van der Waals surface area contributed by atoms with E-state index in [1.165, 1.54) is 5.56 Å². The van der Waals surface area contributed by atoms with E-state index in [9.17, 15) is 4.79 Å². The zero-order valence-corrected chi connectivity index (χ0v) is 11.6. The van der Waals surface area contributed by atoms with Crippen LogP contribution >= 0.6 is 0 Å². The second kappa shape index (κ2) is 6.10. The van der Waals surface area contributed by atoms with Crippen LogP contribution in [0.15, 0.2) is 42.5 Å². The fourth-order valence-corrected chi connectivity index (χ4v) is 1.80. The van der Waals surface area contributed by atoms with Crippen LogP contribution in [-0.2, 0) is 6.61 Å². The average molecular weight is 271 g/mol. The molecule has 0 aliphatic rings. The third-order valence-corrected chi connectivity index (χ3v) is 2.97. The number of carbonyl (C=O) groups is 1. The second-order valence-electron chi connectivity index (χ2n) is 4.50. The van der Waals surface area contributed by atoms with E-state index in [1.54, 1.807) is 25.3 Å². The molecule has 0 saturated heterocycles. The largest absolute Gasteiger partial charge is 0.497 e. The Morgan fingerprint density at radius 2 is 1.85 bits per heavy atom.